The lowest BCUT2D eigenvalue weighted by molar-refractivity contribution is 0.515. The zero-order valence-electron chi connectivity index (χ0n) is 9.97. The summed E-state index contributed by atoms with van der Waals surface area (Å²) in [6, 6.07) is 2.63. The van der Waals surface area contributed by atoms with Crippen molar-refractivity contribution in [2.24, 2.45) is 0 Å². The van der Waals surface area contributed by atoms with Crippen LogP contribution in [0.3, 0.4) is 0 Å². The summed E-state index contributed by atoms with van der Waals surface area (Å²) in [7, 11) is 0. The topological polar surface area (TPSA) is 38.9 Å². The van der Waals surface area contributed by atoms with E-state index in [1.807, 2.05) is 0 Å². The largest absolute Gasteiger partial charge is 0.398 e. The molecule has 1 aromatic heterocycles. The summed E-state index contributed by atoms with van der Waals surface area (Å²) >= 11 is 0. The second-order valence-electron chi connectivity index (χ2n) is 4.77. The fraction of sp³-hybridized carbons (Fsp3) is 0.357. The molecule has 1 aromatic carbocycles. The second-order valence-corrected chi connectivity index (χ2v) is 4.77. The van der Waals surface area contributed by atoms with Gasteiger partial charge in [-0.3, -0.25) is 0 Å². The Morgan fingerprint density at radius 1 is 1.06 bits per heavy atom. The van der Waals surface area contributed by atoms with Crippen LogP contribution >= 0.6 is 0 Å². The highest BCUT2D eigenvalue weighted by molar-refractivity contribution is 5.92. The highest BCUT2D eigenvalue weighted by atomic mass is 19.2. The number of rotatable bonds is 0. The fourth-order valence-electron chi connectivity index (χ4n) is 2.64. The van der Waals surface area contributed by atoms with E-state index in [0.29, 0.717) is 11.1 Å². The van der Waals surface area contributed by atoms with Crippen LogP contribution in [0.4, 0.5) is 14.5 Å². The van der Waals surface area contributed by atoms with Crippen molar-refractivity contribution < 1.29 is 8.78 Å². The van der Waals surface area contributed by atoms with Crippen molar-refractivity contribution in [3.8, 4) is 0 Å². The molecule has 1 heterocycles. The quantitative estimate of drug-likeness (QED) is 0.726. The van der Waals surface area contributed by atoms with Crippen LogP contribution < -0.4 is 5.73 Å². The number of nitrogens with two attached hydrogens (primary N) is 1. The predicted molar refractivity (Wildman–Crippen MR) is 67.3 cm³/mol. The van der Waals surface area contributed by atoms with Crippen LogP contribution in [0.15, 0.2) is 12.1 Å². The first kappa shape index (κ1) is 11.4. The van der Waals surface area contributed by atoms with Gasteiger partial charge in [-0.1, -0.05) is 6.42 Å². The Kier molecular flexibility index (Phi) is 2.65. The van der Waals surface area contributed by atoms with E-state index in [-0.39, 0.29) is 5.52 Å². The second kappa shape index (κ2) is 4.19. The molecule has 94 valence electrons. The highest BCUT2D eigenvalue weighted by Gasteiger charge is 2.18. The monoisotopic (exact) mass is 248 g/mol. The normalized spacial score (nSPS) is 15.4. The number of benzene rings is 1. The number of aromatic nitrogens is 1. The van der Waals surface area contributed by atoms with Crippen molar-refractivity contribution in [1.29, 1.82) is 0 Å². The molecule has 0 fully saturated rings. The van der Waals surface area contributed by atoms with E-state index in [2.05, 4.69) is 4.98 Å². The van der Waals surface area contributed by atoms with Gasteiger partial charge in [0.1, 0.15) is 5.52 Å². The summed E-state index contributed by atoms with van der Waals surface area (Å²) in [5.74, 6) is -1.77. The summed E-state index contributed by atoms with van der Waals surface area (Å²) in [6.45, 7) is 0. The smallest absolute Gasteiger partial charge is 0.185 e. The lowest BCUT2D eigenvalue weighted by Gasteiger charge is -2.12. The average molecular weight is 248 g/mol. The van der Waals surface area contributed by atoms with Gasteiger partial charge in [0.15, 0.2) is 11.6 Å². The first-order chi connectivity index (χ1) is 8.68. The number of aryl methyl sites for hydroxylation is 1. The molecule has 4 heteroatoms. The molecule has 3 rings (SSSR count). The molecule has 1 aliphatic carbocycles. The molecule has 0 spiro atoms. The lowest BCUT2D eigenvalue weighted by atomic mass is 10.0. The van der Waals surface area contributed by atoms with Crippen LogP contribution in [0, 0.1) is 11.6 Å². The summed E-state index contributed by atoms with van der Waals surface area (Å²) in [4.78, 5) is 4.30. The van der Waals surface area contributed by atoms with Crippen molar-refractivity contribution in [2.75, 3.05) is 5.73 Å². The summed E-state index contributed by atoms with van der Waals surface area (Å²) in [5, 5.41) is 0.523. The van der Waals surface area contributed by atoms with Gasteiger partial charge in [0.05, 0.1) is 0 Å². The Labute approximate surface area is 104 Å². The molecular formula is C14H14F2N2. The Hall–Kier alpha value is -1.71. The number of fused-ring (bicyclic) bond motifs is 2. The van der Waals surface area contributed by atoms with Crippen molar-refractivity contribution in [3.05, 3.63) is 35.0 Å². The first-order valence-corrected chi connectivity index (χ1v) is 6.23. The van der Waals surface area contributed by atoms with Crippen molar-refractivity contribution in [2.45, 2.75) is 32.1 Å². The maximum atomic E-state index is 13.8. The molecule has 0 aliphatic heterocycles. The predicted octanol–water partition coefficient (Wildman–Crippen LogP) is 3.36. The number of halogens is 2. The Balaban J connectivity index is 2.34. The molecule has 0 atom stereocenters. The molecule has 2 nitrogen and oxygen atoms in total. The SMILES string of the molecule is Nc1c2c(nc3c(F)c(F)ccc13)CCCCC2. The molecule has 18 heavy (non-hydrogen) atoms. The standard InChI is InChI=1S/C14H14F2N2/c15-10-7-6-9-13(17)8-4-2-1-3-5-11(8)18-14(9)12(10)16/h6-7H,1-5H2,(H2,17,18). The van der Waals surface area contributed by atoms with Gasteiger partial charge in [-0.05, 0) is 43.4 Å². The van der Waals surface area contributed by atoms with Gasteiger partial charge >= 0.3 is 0 Å². The maximum Gasteiger partial charge on any atom is 0.185 e. The molecule has 0 saturated carbocycles. The van der Waals surface area contributed by atoms with E-state index in [9.17, 15) is 8.78 Å². The van der Waals surface area contributed by atoms with Crippen molar-refractivity contribution in [3.63, 3.8) is 0 Å². The van der Waals surface area contributed by atoms with E-state index in [0.717, 1.165) is 49.4 Å². The number of hydrogen-bond donors (Lipinski definition) is 1. The minimum atomic E-state index is -0.897. The van der Waals surface area contributed by atoms with Crippen LogP contribution in [0.25, 0.3) is 10.9 Å². The molecule has 0 amide bonds. The summed E-state index contributed by atoms with van der Waals surface area (Å²) < 4.78 is 27.0. The van der Waals surface area contributed by atoms with Crippen molar-refractivity contribution >= 4 is 16.6 Å². The van der Waals surface area contributed by atoms with Crippen LogP contribution in [0.1, 0.15) is 30.5 Å². The highest BCUT2D eigenvalue weighted by Crippen LogP contribution is 2.32. The van der Waals surface area contributed by atoms with Gasteiger partial charge in [0.25, 0.3) is 0 Å². The number of pyridine rings is 1. The van der Waals surface area contributed by atoms with E-state index in [1.165, 1.54) is 6.07 Å². The summed E-state index contributed by atoms with van der Waals surface area (Å²) in [5.41, 5.74) is 8.58. The number of anilines is 1. The molecule has 2 N–H and O–H groups in total. The minimum Gasteiger partial charge on any atom is -0.398 e. The average Bonchev–Trinajstić information content (AvgIpc) is 2.60. The van der Waals surface area contributed by atoms with Crippen LogP contribution in [0.5, 0.6) is 0 Å². The molecule has 0 unspecified atom stereocenters. The zero-order valence-corrected chi connectivity index (χ0v) is 9.97. The third-order valence-electron chi connectivity index (χ3n) is 3.62. The van der Waals surface area contributed by atoms with E-state index < -0.39 is 11.6 Å². The van der Waals surface area contributed by atoms with E-state index in [1.54, 1.807) is 0 Å². The van der Waals surface area contributed by atoms with Gasteiger partial charge in [-0.2, -0.15) is 0 Å². The van der Waals surface area contributed by atoms with Crippen LogP contribution in [0.2, 0.25) is 0 Å². The first-order valence-electron chi connectivity index (χ1n) is 6.23. The molecule has 0 saturated heterocycles. The van der Waals surface area contributed by atoms with Gasteiger partial charge < -0.3 is 5.73 Å². The Bertz CT molecular complexity index is 623. The molecule has 1 aliphatic rings. The van der Waals surface area contributed by atoms with Gasteiger partial charge in [0.2, 0.25) is 0 Å². The number of hydrogen-bond acceptors (Lipinski definition) is 2. The molecular weight excluding hydrogens is 234 g/mol. The third kappa shape index (κ3) is 1.64. The van der Waals surface area contributed by atoms with Gasteiger partial charge in [0, 0.05) is 16.8 Å². The Morgan fingerprint density at radius 3 is 2.67 bits per heavy atom. The third-order valence-corrected chi connectivity index (χ3v) is 3.62. The van der Waals surface area contributed by atoms with Crippen LogP contribution in [-0.2, 0) is 12.8 Å². The Morgan fingerprint density at radius 2 is 1.83 bits per heavy atom. The van der Waals surface area contributed by atoms with Crippen LogP contribution in [-0.4, -0.2) is 4.98 Å². The summed E-state index contributed by atoms with van der Waals surface area (Å²) in [6.07, 6.45) is 4.91. The number of nitrogen functional groups attached to an aromatic ring is 1. The maximum absolute atomic E-state index is 13.8. The fourth-order valence-corrected chi connectivity index (χ4v) is 2.64. The number of nitrogens with zero attached hydrogens (tertiary/aromatic N) is 1. The van der Waals surface area contributed by atoms with E-state index >= 15 is 0 Å². The zero-order chi connectivity index (χ0) is 12.7. The van der Waals surface area contributed by atoms with Gasteiger partial charge in [-0.15, -0.1) is 0 Å². The van der Waals surface area contributed by atoms with E-state index in [4.69, 9.17) is 5.73 Å². The molecule has 0 bridgehead atoms. The lowest BCUT2D eigenvalue weighted by Crippen LogP contribution is -2.04. The molecule has 2 aromatic rings. The minimum absolute atomic E-state index is 0.0631. The molecule has 0 radical (unpaired) electrons. The van der Waals surface area contributed by atoms with Gasteiger partial charge in [-0.25, -0.2) is 13.8 Å². The van der Waals surface area contributed by atoms with Crippen molar-refractivity contribution in [1.82, 2.24) is 4.98 Å².